The number of carbonyl (C=O) groups is 1. The van der Waals surface area contributed by atoms with E-state index in [2.05, 4.69) is 0 Å². The maximum Gasteiger partial charge on any atom is 0.413 e. The highest BCUT2D eigenvalue weighted by Crippen LogP contribution is 2.35. The van der Waals surface area contributed by atoms with Gasteiger partial charge in [-0.25, -0.2) is 13.2 Å². The molecule has 2 aromatic carbocycles. The number of methoxy groups -OCH3 is 5. The van der Waals surface area contributed by atoms with Crippen molar-refractivity contribution in [3.8, 4) is 23.0 Å². The van der Waals surface area contributed by atoms with Crippen LogP contribution in [-0.2, 0) is 20.3 Å². The molecule has 32 heavy (non-hydrogen) atoms. The van der Waals surface area contributed by atoms with Crippen LogP contribution in [0.15, 0.2) is 35.7 Å². The third-order valence-corrected chi connectivity index (χ3v) is 5.90. The molecule has 0 saturated carbocycles. The first-order chi connectivity index (χ1) is 15.2. The van der Waals surface area contributed by atoms with E-state index in [9.17, 15) is 13.2 Å². The minimum absolute atomic E-state index is 0.295. The fraction of sp³-hybridized carbons (Fsp3) is 0.318. The number of benzene rings is 2. The Morgan fingerprint density at radius 1 is 0.906 bits per heavy atom. The van der Waals surface area contributed by atoms with Crippen LogP contribution < -0.4 is 23.8 Å². The minimum atomic E-state index is -3.68. The van der Waals surface area contributed by atoms with Crippen LogP contribution in [0.3, 0.4) is 0 Å². The summed E-state index contributed by atoms with van der Waals surface area (Å²) in [6, 6.07) is 8.04. The summed E-state index contributed by atoms with van der Waals surface area (Å²) in [6.07, 6.45) is 0.805. The van der Waals surface area contributed by atoms with Crippen LogP contribution in [0.1, 0.15) is 11.1 Å². The van der Waals surface area contributed by atoms with E-state index in [1.807, 2.05) is 0 Å². The maximum atomic E-state index is 12.8. The number of ether oxygens (including phenoxy) is 5. The van der Waals surface area contributed by atoms with Crippen molar-refractivity contribution in [2.24, 2.45) is 0 Å². The number of nitrogens with zero attached hydrogens (tertiary/aromatic N) is 1. The van der Waals surface area contributed by atoms with Crippen molar-refractivity contribution in [1.82, 2.24) is 0 Å². The Labute approximate surface area is 188 Å². The predicted octanol–water partition coefficient (Wildman–Crippen LogP) is 3.51. The second-order valence-electron chi connectivity index (χ2n) is 6.59. The molecule has 10 heteroatoms. The molecule has 0 saturated heterocycles. The van der Waals surface area contributed by atoms with Gasteiger partial charge in [0.1, 0.15) is 23.0 Å². The van der Waals surface area contributed by atoms with Crippen molar-refractivity contribution in [3.63, 3.8) is 0 Å². The quantitative estimate of drug-likeness (QED) is 0.555. The van der Waals surface area contributed by atoms with Gasteiger partial charge in [0, 0.05) is 24.6 Å². The smallest absolute Gasteiger partial charge is 0.413 e. The van der Waals surface area contributed by atoms with Gasteiger partial charge in [0.15, 0.2) is 9.84 Å². The van der Waals surface area contributed by atoms with Gasteiger partial charge in [0.2, 0.25) is 0 Å². The first-order valence-corrected chi connectivity index (χ1v) is 11.1. The van der Waals surface area contributed by atoms with E-state index in [-0.39, 0.29) is 5.75 Å². The zero-order chi connectivity index (χ0) is 23.9. The van der Waals surface area contributed by atoms with Gasteiger partial charge < -0.3 is 23.7 Å². The number of anilines is 1. The highest BCUT2D eigenvalue weighted by atomic mass is 32.2. The summed E-state index contributed by atoms with van der Waals surface area (Å²) in [5.41, 5.74) is 1.31. The number of amides is 1. The summed E-state index contributed by atoms with van der Waals surface area (Å²) in [5.74, 6) is 1.43. The van der Waals surface area contributed by atoms with E-state index >= 15 is 0 Å². The first kappa shape index (κ1) is 24.9. The molecule has 0 N–H and O–H groups in total. The number of carbonyl (C=O) groups excluding carboxylic acids is 1. The molecule has 0 radical (unpaired) electrons. The lowest BCUT2D eigenvalue weighted by Gasteiger charge is -2.19. The Bertz CT molecular complexity index is 1070. The molecule has 2 aromatic rings. The highest BCUT2D eigenvalue weighted by Gasteiger charge is 2.18. The van der Waals surface area contributed by atoms with Crippen LogP contribution in [0.25, 0.3) is 6.08 Å². The van der Waals surface area contributed by atoms with Crippen molar-refractivity contribution >= 4 is 27.7 Å². The molecule has 0 aliphatic heterocycles. The molecule has 0 heterocycles. The predicted molar refractivity (Wildman–Crippen MR) is 122 cm³/mol. The molecule has 0 spiro atoms. The van der Waals surface area contributed by atoms with Gasteiger partial charge in [-0.3, -0.25) is 4.90 Å². The Kier molecular flexibility index (Phi) is 8.36. The number of sulfone groups is 1. The second-order valence-corrected chi connectivity index (χ2v) is 8.48. The fourth-order valence-electron chi connectivity index (χ4n) is 2.97. The van der Waals surface area contributed by atoms with Crippen molar-refractivity contribution in [2.75, 3.05) is 47.5 Å². The van der Waals surface area contributed by atoms with Gasteiger partial charge in [-0.15, -0.1) is 0 Å². The van der Waals surface area contributed by atoms with E-state index in [0.29, 0.717) is 39.8 Å². The average molecular weight is 466 g/mol. The Morgan fingerprint density at radius 3 is 2.00 bits per heavy atom. The highest BCUT2D eigenvalue weighted by molar-refractivity contribution is 7.93. The van der Waals surface area contributed by atoms with E-state index in [4.69, 9.17) is 23.7 Å². The molecular weight excluding hydrogens is 438 g/mol. The molecule has 0 unspecified atom stereocenters. The van der Waals surface area contributed by atoms with Crippen LogP contribution in [0, 0.1) is 0 Å². The van der Waals surface area contributed by atoms with Crippen molar-refractivity contribution in [3.05, 3.63) is 46.9 Å². The fourth-order valence-corrected chi connectivity index (χ4v) is 4.06. The molecule has 0 fully saturated rings. The summed E-state index contributed by atoms with van der Waals surface area (Å²) in [4.78, 5) is 13.1. The van der Waals surface area contributed by atoms with Crippen LogP contribution in [0.2, 0.25) is 0 Å². The molecule has 174 valence electrons. The molecular formula is C22H27NO8S. The molecule has 0 atom stereocenters. The van der Waals surface area contributed by atoms with Gasteiger partial charge in [0.25, 0.3) is 0 Å². The van der Waals surface area contributed by atoms with Gasteiger partial charge in [-0.05, 0) is 23.8 Å². The SMILES string of the molecule is COC(=O)N(C)c1cc(CS(=O)(=O)C=Cc2c(OC)cc(OC)cc2OC)ccc1OC. The Hall–Kier alpha value is -3.40. The monoisotopic (exact) mass is 465 g/mol. The minimum Gasteiger partial charge on any atom is -0.496 e. The zero-order valence-electron chi connectivity index (χ0n) is 18.9. The standard InChI is InChI=1S/C22H27NO8S/c1-23(22(24)31-6)18-11-15(7-8-19(18)28-3)14-32(25,26)10-9-17-20(29-4)12-16(27-2)13-21(17)30-5/h7-13H,14H2,1-6H3. The molecule has 0 aliphatic carbocycles. The van der Waals surface area contributed by atoms with Gasteiger partial charge >= 0.3 is 6.09 Å². The van der Waals surface area contributed by atoms with Crippen LogP contribution in [-0.4, -0.2) is 57.1 Å². The van der Waals surface area contributed by atoms with E-state index in [1.54, 1.807) is 30.3 Å². The second kappa shape index (κ2) is 10.8. The molecule has 2 rings (SSSR count). The Balaban J connectivity index is 2.37. The largest absolute Gasteiger partial charge is 0.496 e. The van der Waals surface area contributed by atoms with Crippen LogP contribution in [0.5, 0.6) is 23.0 Å². The van der Waals surface area contributed by atoms with E-state index in [1.165, 1.54) is 53.6 Å². The van der Waals surface area contributed by atoms with Crippen molar-refractivity contribution in [1.29, 1.82) is 0 Å². The topological polar surface area (TPSA) is 101 Å². The molecule has 9 nitrogen and oxygen atoms in total. The van der Waals surface area contributed by atoms with Crippen LogP contribution in [0.4, 0.5) is 10.5 Å². The van der Waals surface area contributed by atoms with Crippen molar-refractivity contribution < 1.29 is 36.9 Å². The summed E-state index contributed by atoms with van der Waals surface area (Å²) >= 11 is 0. The lowest BCUT2D eigenvalue weighted by molar-refractivity contribution is 0.180. The summed E-state index contributed by atoms with van der Waals surface area (Å²) in [5, 5.41) is 1.09. The zero-order valence-corrected chi connectivity index (χ0v) is 19.7. The number of rotatable bonds is 9. The number of hydrogen-bond acceptors (Lipinski definition) is 8. The summed E-state index contributed by atoms with van der Waals surface area (Å²) in [7, 11) is 4.98. The van der Waals surface area contributed by atoms with Gasteiger partial charge in [-0.2, -0.15) is 0 Å². The molecule has 1 amide bonds. The summed E-state index contributed by atoms with van der Waals surface area (Å²) in [6.45, 7) is 0. The Morgan fingerprint density at radius 2 is 1.50 bits per heavy atom. The van der Waals surface area contributed by atoms with Gasteiger partial charge in [-0.1, -0.05) is 6.07 Å². The lowest BCUT2D eigenvalue weighted by Crippen LogP contribution is -2.26. The first-order valence-electron chi connectivity index (χ1n) is 9.39. The molecule has 0 aliphatic rings. The van der Waals surface area contributed by atoms with E-state index in [0.717, 1.165) is 5.41 Å². The van der Waals surface area contributed by atoms with Gasteiger partial charge in [0.05, 0.1) is 52.6 Å². The molecule has 0 bridgehead atoms. The normalized spacial score (nSPS) is 11.2. The maximum absolute atomic E-state index is 12.8. The average Bonchev–Trinajstić information content (AvgIpc) is 2.80. The van der Waals surface area contributed by atoms with Crippen molar-refractivity contribution in [2.45, 2.75) is 5.75 Å². The third kappa shape index (κ3) is 5.85. The molecule has 0 aromatic heterocycles. The van der Waals surface area contributed by atoms with E-state index < -0.39 is 15.9 Å². The third-order valence-electron chi connectivity index (χ3n) is 4.62. The van der Waals surface area contributed by atoms with Crippen LogP contribution >= 0.6 is 0 Å². The lowest BCUT2D eigenvalue weighted by atomic mass is 10.1. The summed E-state index contributed by atoms with van der Waals surface area (Å²) < 4.78 is 51.5. The number of hydrogen-bond donors (Lipinski definition) is 0.